The number of pyridine rings is 2. The highest BCUT2D eigenvalue weighted by Gasteiger charge is 2.29. The molecule has 0 spiro atoms. The summed E-state index contributed by atoms with van der Waals surface area (Å²) in [6.45, 7) is 6.01. The van der Waals surface area contributed by atoms with E-state index in [0.717, 1.165) is 5.56 Å². The Hall–Kier alpha value is -3.17. The number of hydrogen-bond acceptors (Lipinski definition) is 5. The predicted molar refractivity (Wildman–Crippen MR) is 105 cm³/mol. The van der Waals surface area contributed by atoms with Gasteiger partial charge in [0.25, 0.3) is 0 Å². The third-order valence-electron chi connectivity index (χ3n) is 4.20. The van der Waals surface area contributed by atoms with E-state index in [1.807, 2.05) is 20.8 Å². The second kappa shape index (κ2) is 7.92. The maximum Gasteiger partial charge on any atom is 0.422 e. The first-order valence-corrected chi connectivity index (χ1v) is 9.21. The molecule has 1 N–H and O–H groups in total. The number of anilines is 1. The van der Waals surface area contributed by atoms with E-state index in [2.05, 4.69) is 20.4 Å². The smallest absolute Gasteiger partial charge is 0.422 e. The molecule has 3 aromatic rings. The van der Waals surface area contributed by atoms with Gasteiger partial charge in [0, 0.05) is 29.6 Å². The quantitative estimate of drug-likeness (QED) is 0.671. The summed E-state index contributed by atoms with van der Waals surface area (Å²) in [5.74, 6) is 0.200. The molecule has 0 aliphatic carbocycles. The zero-order valence-electron chi connectivity index (χ0n) is 17.0. The molecule has 0 saturated heterocycles. The fourth-order valence-corrected chi connectivity index (χ4v) is 2.66. The lowest BCUT2D eigenvalue weighted by Crippen LogP contribution is -2.28. The summed E-state index contributed by atoms with van der Waals surface area (Å²) in [5, 5.41) is 7.98. The van der Waals surface area contributed by atoms with Crippen LogP contribution in [-0.4, -0.2) is 38.4 Å². The molecular weight excluding hydrogens is 399 g/mol. The maximum absolute atomic E-state index is 12.3. The molecule has 0 aliphatic heterocycles. The Morgan fingerprint density at radius 3 is 2.60 bits per heavy atom. The zero-order chi connectivity index (χ0) is 22.1. The molecule has 30 heavy (non-hydrogen) atoms. The normalized spacial score (nSPS) is 12.2. The third-order valence-corrected chi connectivity index (χ3v) is 4.20. The number of alkyl halides is 3. The van der Waals surface area contributed by atoms with Crippen molar-refractivity contribution in [1.82, 2.24) is 19.7 Å². The highest BCUT2D eigenvalue weighted by molar-refractivity contribution is 6.00. The summed E-state index contributed by atoms with van der Waals surface area (Å²) in [6.07, 6.45) is 0.349. The number of fused-ring (bicyclic) bond motifs is 1. The molecule has 160 valence electrons. The summed E-state index contributed by atoms with van der Waals surface area (Å²) < 4.78 is 43.4. The zero-order valence-corrected chi connectivity index (χ0v) is 17.0. The number of aromatic nitrogens is 4. The monoisotopic (exact) mass is 421 g/mol. The largest absolute Gasteiger partial charge is 0.468 e. The van der Waals surface area contributed by atoms with Gasteiger partial charge < -0.3 is 10.1 Å². The molecule has 0 aromatic carbocycles. The SMILES string of the molecule is Cc1cc(Cn2cc3c(NC(=O)C(C)(C)C)nccc3n2)cnc1OCC(F)(F)F. The average molecular weight is 421 g/mol. The number of nitrogens with one attached hydrogen (secondary N) is 1. The van der Waals surface area contributed by atoms with Crippen molar-refractivity contribution in [2.75, 3.05) is 11.9 Å². The van der Waals surface area contributed by atoms with Gasteiger partial charge in [-0.15, -0.1) is 0 Å². The topological polar surface area (TPSA) is 81.9 Å². The molecule has 3 rings (SSSR count). The van der Waals surface area contributed by atoms with E-state index < -0.39 is 18.2 Å². The van der Waals surface area contributed by atoms with Gasteiger partial charge in [-0.25, -0.2) is 9.97 Å². The van der Waals surface area contributed by atoms with Crippen molar-refractivity contribution in [3.63, 3.8) is 0 Å². The van der Waals surface area contributed by atoms with Gasteiger partial charge in [0.2, 0.25) is 11.8 Å². The molecule has 10 heteroatoms. The minimum absolute atomic E-state index is 0.0573. The second-order valence-corrected chi connectivity index (χ2v) is 7.99. The van der Waals surface area contributed by atoms with Crippen LogP contribution in [0, 0.1) is 12.3 Å². The Kier molecular flexibility index (Phi) is 5.69. The number of aryl methyl sites for hydroxylation is 1. The van der Waals surface area contributed by atoms with Gasteiger partial charge in [0.1, 0.15) is 5.82 Å². The summed E-state index contributed by atoms with van der Waals surface area (Å²) in [4.78, 5) is 20.5. The van der Waals surface area contributed by atoms with Gasteiger partial charge in [-0.2, -0.15) is 18.3 Å². The molecule has 0 atom stereocenters. The van der Waals surface area contributed by atoms with Crippen molar-refractivity contribution in [3.05, 3.63) is 41.9 Å². The molecular formula is C20H22F3N5O2. The number of amides is 1. The highest BCUT2D eigenvalue weighted by Crippen LogP contribution is 2.24. The predicted octanol–water partition coefficient (Wildman–Crippen LogP) is 4.11. The second-order valence-electron chi connectivity index (χ2n) is 7.99. The number of nitrogens with zero attached hydrogens (tertiary/aromatic N) is 4. The van der Waals surface area contributed by atoms with Crippen LogP contribution < -0.4 is 10.1 Å². The molecule has 0 radical (unpaired) electrons. The van der Waals surface area contributed by atoms with Crippen molar-refractivity contribution in [3.8, 4) is 5.88 Å². The van der Waals surface area contributed by atoms with E-state index >= 15 is 0 Å². The fourth-order valence-electron chi connectivity index (χ4n) is 2.66. The Labute approximate surface area is 171 Å². The van der Waals surface area contributed by atoms with Gasteiger partial charge in [-0.3, -0.25) is 9.48 Å². The minimum Gasteiger partial charge on any atom is -0.468 e. The van der Waals surface area contributed by atoms with Crippen molar-refractivity contribution in [1.29, 1.82) is 0 Å². The van der Waals surface area contributed by atoms with Crippen LogP contribution in [0.4, 0.5) is 19.0 Å². The first-order valence-electron chi connectivity index (χ1n) is 9.21. The number of carbonyl (C=O) groups is 1. The van der Waals surface area contributed by atoms with E-state index in [1.54, 1.807) is 36.1 Å². The van der Waals surface area contributed by atoms with E-state index in [9.17, 15) is 18.0 Å². The van der Waals surface area contributed by atoms with E-state index in [-0.39, 0.29) is 11.8 Å². The standard InChI is InChI=1S/C20H22F3N5O2/c1-12-7-13(8-25-17(12)30-11-20(21,22)23)9-28-10-14-15(27-28)5-6-24-16(14)26-18(29)19(2,3)4/h5-8,10H,9,11H2,1-4H3,(H,24,26,29). The fraction of sp³-hybridized carbons (Fsp3) is 0.400. The lowest BCUT2D eigenvalue weighted by molar-refractivity contribution is -0.154. The Bertz CT molecular complexity index is 1070. The minimum atomic E-state index is -4.42. The Morgan fingerprint density at radius 1 is 1.23 bits per heavy atom. The molecule has 0 aliphatic rings. The van der Waals surface area contributed by atoms with Crippen molar-refractivity contribution >= 4 is 22.6 Å². The molecule has 0 bridgehead atoms. The molecule has 3 aromatic heterocycles. The maximum atomic E-state index is 12.3. The number of ether oxygens (including phenoxy) is 1. The molecule has 7 nitrogen and oxygen atoms in total. The van der Waals surface area contributed by atoms with Crippen LogP contribution in [0.15, 0.2) is 30.7 Å². The van der Waals surface area contributed by atoms with E-state index in [4.69, 9.17) is 4.74 Å². The summed E-state index contributed by atoms with van der Waals surface area (Å²) in [5.41, 5.74) is 1.32. The summed E-state index contributed by atoms with van der Waals surface area (Å²) in [6, 6.07) is 3.43. The first kappa shape index (κ1) is 21.5. The number of halogens is 3. The lowest BCUT2D eigenvalue weighted by atomic mass is 9.96. The number of rotatable bonds is 5. The summed E-state index contributed by atoms with van der Waals surface area (Å²) in [7, 11) is 0. The van der Waals surface area contributed by atoms with E-state index in [0.29, 0.717) is 28.8 Å². The highest BCUT2D eigenvalue weighted by atomic mass is 19.4. The van der Waals surface area contributed by atoms with Crippen LogP contribution in [-0.2, 0) is 11.3 Å². The third kappa shape index (κ3) is 5.25. The van der Waals surface area contributed by atoms with Crippen LogP contribution >= 0.6 is 0 Å². The van der Waals surface area contributed by atoms with Crippen LogP contribution in [0.1, 0.15) is 31.9 Å². The van der Waals surface area contributed by atoms with Crippen LogP contribution in [0.2, 0.25) is 0 Å². The average Bonchev–Trinajstić information content (AvgIpc) is 3.03. The van der Waals surface area contributed by atoms with Gasteiger partial charge in [0.15, 0.2) is 6.61 Å². The first-order chi connectivity index (χ1) is 13.9. The Morgan fingerprint density at radius 2 is 1.97 bits per heavy atom. The molecule has 0 saturated carbocycles. The number of hydrogen-bond donors (Lipinski definition) is 1. The lowest BCUT2D eigenvalue weighted by Gasteiger charge is -2.17. The Balaban J connectivity index is 1.79. The van der Waals surface area contributed by atoms with Crippen molar-refractivity contribution in [2.45, 2.75) is 40.4 Å². The van der Waals surface area contributed by atoms with Gasteiger partial charge in [0.05, 0.1) is 17.4 Å². The molecule has 0 unspecified atom stereocenters. The van der Waals surface area contributed by atoms with Crippen LogP contribution in [0.5, 0.6) is 5.88 Å². The molecule has 3 heterocycles. The van der Waals surface area contributed by atoms with Crippen LogP contribution in [0.3, 0.4) is 0 Å². The van der Waals surface area contributed by atoms with Crippen LogP contribution in [0.25, 0.3) is 10.9 Å². The van der Waals surface area contributed by atoms with E-state index in [1.165, 1.54) is 6.20 Å². The number of carbonyl (C=O) groups excluding carboxylic acids is 1. The van der Waals surface area contributed by atoms with Crippen molar-refractivity contribution in [2.24, 2.45) is 5.41 Å². The van der Waals surface area contributed by atoms with Crippen molar-refractivity contribution < 1.29 is 22.7 Å². The molecule has 1 amide bonds. The van der Waals surface area contributed by atoms with Gasteiger partial charge in [-0.1, -0.05) is 20.8 Å². The van der Waals surface area contributed by atoms with Gasteiger partial charge >= 0.3 is 6.18 Å². The van der Waals surface area contributed by atoms with Gasteiger partial charge in [-0.05, 0) is 24.6 Å². The molecule has 0 fully saturated rings. The summed E-state index contributed by atoms with van der Waals surface area (Å²) >= 11 is 0.